The van der Waals surface area contributed by atoms with Crippen LogP contribution in [0, 0.1) is 5.41 Å². The van der Waals surface area contributed by atoms with E-state index in [1.807, 2.05) is 0 Å². The molecule has 1 heteroatoms. The van der Waals surface area contributed by atoms with Crippen molar-refractivity contribution in [3.8, 4) is 0 Å². The molecule has 2 aliphatic rings. The molecule has 0 unspecified atom stereocenters. The Labute approximate surface area is 129 Å². The van der Waals surface area contributed by atoms with E-state index in [2.05, 4.69) is 56.2 Å². The van der Waals surface area contributed by atoms with Crippen LogP contribution in [0.2, 0.25) is 0 Å². The van der Waals surface area contributed by atoms with Crippen LogP contribution in [0.4, 0.5) is 5.69 Å². The molecule has 0 atom stereocenters. The van der Waals surface area contributed by atoms with E-state index in [0.29, 0.717) is 11.3 Å². The zero-order chi connectivity index (χ0) is 15.0. The van der Waals surface area contributed by atoms with E-state index < -0.39 is 0 Å². The highest BCUT2D eigenvalue weighted by Crippen LogP contribution is 2.51. The molecule has 0 radical (unpaired) electrons. The summed E-state index contributed by atoms with van der Waals surface area (Å²) in [4.78, 5) is 2.44. The molecule has 0 amide bonds. The van der Waals surface area contributed by atoms with Crippen molar-refractivity contribution in [1.29, 1.82) is 0 Å². The second kappa shape index (κ2) is 5.36. The molecule has 1 aliphatic heterocycles. The number of benzene rings is 1. The zero-order valence-electron chi connectivity index (χ0n) is 13.5. The standard InChI is InChI=1S/C20H27N/c1-15(2)18-5-7-19(8-6-18)21-14-13-20(17(21)4)11-9-16(3)10-12-20/h5-8,15H,3-4,9-14H2,1-2H3. The molecule has 1 nitrogen and oxygen atoms in total. The van der Waals surface area contributed by atoms with Crippen molar-refractivity contribution in [3.05, 3.63) is 54.3 Å². The third kappa shape index (κ3) is 2.54. The molecule has 3 rings (SSSR count). The Morgan fingerprint density at radius 1 is 1.00 bits per heavy atom. The van der Waals surface area contributed by atoms with Gasteiger partial charge in [-0.25, -0.2) is 0 Å². The highest BCUT2D eigenvalue weighted by Gasteiger charge is 2.43. The zero-order valence-corrected chi connectivity index (χ0v) is 13.5. The van der Waals surface area contributed by atoms with Crippen LogP contribution in [0.1, 0.15) is 57.4 Å². The minimum absolute atomic E-state index is 0.345. The number of hydrogen-bond acceptors (Lipinski definition) is 1. The summed E-state index contributed by atoms with van der Waals surface area (Å²) >= 11 is 0. The quantitative estimate of drug-likeness (QED) is 0.633. The second-order valence-electron chi connectivity index (χ2n) is 7.12. The van der Waals surface area contributed by atoms with E-state index in [4.69, 9.17) is 0 Å². The first-order chi connectivity index (χ1) is 10.0. The molecule has 1 aliphatic carbocycles. The molecule has 112 valence electrons. The number of rotatable bonds is 2. The van der Waals surface area contributed by atoms with E-state index in [0.717, 1.165) is 6.54 Å². The van der Waals surface area contributed by atoms with E-state index in [1.54, 1.807) is 0 Å². The van der Waals surface area contributed by atoms with Crippen LogP contribution in [-0.2, 0) is 0 Å². The summed E-state index contributed by atoms with van der Waals surface area (Å²) < 4.78 is 0. The first kappa shape index (κ1) is 14.4. The van der Waals surface area contributed by atoms with Crippen molar-refractivity contribution in [3.63, 3.8) is 0 Å². The van der Waals surface area contributed by atoms with Gasteiger partial charge in [0, 0.05) is 23.3 Å². The number of anilines is 1. The van der Waals surface area contributed by atoms with Crippen molar-refractivity contribution >= 4 is 5.69 Å². The third-order valence-corrected chi connectivity index (χ3v) is 5.54. The molecule has 1 heterocycles. The van der Waals surface area contributed by atoms with Gasteiger partial charge in [-0.2, -0.15) is 0 Å². The fourth-order valence-electron chi connectivity index (χ4n) is 3.84. The van der Waals surface area contributed by atoms with Crippen molar-refractivity contribution in [2.45, 2.75) is 51.9 Å². The van der Waals surface area contributed by atoms with Crippen LogP contribution in [-0.4, -0.2) is 6.54 Å². The van der Waals surface area contributed by atoms with Gasteiger partial charge >= 0.3 is 0 Å². The minimum atomic E-state index is 0.345. The van der Waals surface area contributed by atoms with Gasteiger partial charge in [0.1, 0.15) is 0 Å². The molecule has 0 N–H and O–H groups in total. The van der Waals surface area contributed by atoms with Gasteiger partial charge in [0.2, 0.25) is 0 Å². The van der Waals surface area contributed by atoms with Gasteiger partial charge in [0.05, 0.1) is 0 Å². The molecule has 1 aromatic rings. The first-order valence-corrected chi connectivity index (χ1v) is 8.25. The Balaban J connectivity index is 1.78. The molecular formula is C20H27N. The Kier molecular flexibility index (Phi) is 3.69. The molecule has 1 spiro atoms. The number of nitrogens with zero attached hydrogens (tertiary/aromatic N) is 1. The third-order valence-electron chi connectivity index (χ3n) is 5.54. The summed E-state index contributed by atoms with van der Waals surface area (Å²) in [5.74, 6) is 0.594. The van der Waals surface area contributed by atoms with Gasteiger partial charge < -0.3 is 4.90 Å². The van der Waals surface area contributed by atoms with Crippen molar-refractivity contribution in [2.75, 3.05) is 11.4 Å². The molecule has 2 fully saturated rings. The molecule has 21 heavy (non-hydrogen) atoms. The van der Waals surface area contributed by atoms with Gasteiger partial charge in [0.15, 0.2) is 0 Å². The maximum absolute atomic E-state index is 4.47. The monoisotopic (exact) mass is 281 g/mol. The number of allylic oxidation sites excluding steroid dienone is 2. The Bertz CT molecular complexity index is 540. The average molecular weight is 281 g/mol. The molecular weight excluding hydrogens is 254 g/mol. The van der Waals surface area contributed by atoms with Crippen LogP contribution in [0.5, 0.6) is 0 Å². The Morgan fingerprint density at radius 3 is 2.19 bits per heavy atom. The summed E-state index contributed by atoms with van der Waals surface area (Å²) in [6, 6.07) is 9.06. The highest BCUT2D eigenvalue weighted by atomic mass is 15.2. The van der Waals surface area contributed by atoms with Gasteiger partial charge in [-0.05, 0) is 55.7 Å². The van der Waals surface area contributed by atoms with Crippen LogP contribution < -0.4 is 4.90 Å². The Morgan fingerprint density at radius 2 is 1.62 bits per heavy atom. The fraction of sp³-hybridized carbons (Fsp3) is 0.500. The van der Waals surface area contributed by atoms with E-state index in [-0.39, 0.29) is 0 Å². The molecule has 1 saturated carbocycles. The molecule has 0 bridgehead atoms. The van der Waals surface area contributed by atoms with Crippen molar-refractivity contribution < 1.29 is 0 Å². The predicted octanol–water partition coefficient (Wildman–Crippen LogP) is 5.65. The lowest BCUT2D eigenvalue weighted by molar-refractivity contribution is 0.285. The topological polar surface area (TPSA) is 3.24 Å². The normalized spacial score (nSPS) is 21.6. The van der Waals surface area contributed by atoms with E-state index in [9.17, 15) is 0 Å². The van der Waals surface area contributed by atoms with Crippen LogP contribution in [0.3, 0.4) is 0 Å². The maximum Gasteiger partial charge on any atom is 0.0408 e. The maximum atomic E-state index is 4.47. The van der Waals surface area contributed by atoms with Crippen LogP contribution in [0.15, 0.2) is 48.7 Å². The smallest absolute Gasteiger partial charge is 0.0408 e. The highest BCUT2D eigenvalue weighted by molar-refractivity contribution is 5.56. The fourth-order valence-corrected chi connectivity index (χ4v) is 3.84. The summed E-state index contributed by atoms with van der Waals surface area (Å²) in [5, 5.41) is 0. The second-order valence-corrected chi connectivity index (χ2v) is 7.12. The van der Waals surface area contributed by atoms with Gasteiger partial charge in [-0.1, -0.05) is 44.7 Å². The van der Waals surface area contributed by atoms with Gasteiger partial charge in [-0.15, -0.1) is 0 Å². The van der Waals surface area contributed by atoms with Gasteiger partial charge in [0.25, 0.3) is 0 Å². The average Bonchev–Trinajstić information content (AvgIpc) is 2.80. The Hall–Kier alpha value is -1.50. The molecule has 0 aromatic heterocycles. The van der Waals surface area contributed by atoms with Crippen molar-refractivity contribution in [1.82, 2.24) is 0 Å². The van der Waals surface area contributed by atoms with E-state index >= 15 is 0 Å². The first-order valence-electron chi connectivity index (χ1n) is 8.25. The lowest BCUT2D eigenvalue weighted by atomic mass is 9.70. The lowest BCUT2D eigenvalue weighted by Crippen LogP contribution is -2.26. The summed E-state index contributed by atoms with van der Waals surface area (Å²) in [6.07, 6.45) is 6.10. The van der Waals surface area contributed by atoms with Crippen LogP contribution >= 0.6 is 0 Å². The SMILES string of the molecule is C=C1CCC2(CC1)CCN(c1ccc(C(C)C)cc1)C2=C. The number of hydrogen-bond donors (Lipinski definition) is 0. The summed E-state index contributed by atoms with van der Waals surface area (Å²) in [5.41, 5.74) is 5.83. The predicted molar refractivity (Wildman–Crippen MR) is 91.7 cm³/mol. The summed E-state index contributed by atoms with van der Waals surface area (Å²) in [6.45, 7) is 14.2. The largest absolute Gasteiger partial charge is 0.345 e. The van der Waals surface area contributed by atoms with Gasteiger partial charge in [-0.3, -0.25) is 0 Å². The van der Waals surface area contributed by atoms with Crippen molar-refractivity contribution in [2.24, 2.45) is 5.41 Å². The van der Waals surface area contributed by atoms with E-state index in [1.165, 1.54) is 54.6 Å². The minimum Gasteiger partial charge on any atom is -0.345 e. The molecule has 1 saturated heterocycles. The molecule has 1 aromatic carbocycles. The lowest BCUT2D eigenvalue weighted by Gasteiger charge is -2.36. The van der Waals surface area contributed by atoms with Crippen LogP contribution in [0.25, 0.3) is 0 Å². The summed E-state index contributed by atoms with van der Waals surface area (Å²) in [7, 11) is 0.